The topological polar surface area (TPSA) is 101 Å². The molecule has 0 saturated carbocycles. The lowest BCUT2D eigenvalue weighted by molar-refractivity contribution is -0.137. The van der Waals surface area contributed by atoms with Crippen LogP contribution < -0.4 is 15.6 Å². The zero-order chi connectivity index (χ0) is 28.8. The fourth-order valence-electron chi connectivity index (χ4n) is 4.05. The molecule has 0 bridgehead atoms. The monoisotopic (exact) mass is 556 g/mol. The molecule has 2 aromatic carbocycles. The average molecular weight is 557 g/mol. The quantitative estimate of drug-likeness (QED) is 0.273. The Morgan fingerprint density at radius 3 is 2.50 bits per heavy atom. The van der Waals surface area contributed by atoms with Gasteiger partial charge in [-0.3, -0.25) is 10.7 Å². The van der Waals surface area contributed by atoms with Gasteiger partial charge < -0.3 is 14.4 Å². The minimum absolute atomic E-state index is 0.169. The smallest absolute Gasteiger partial charge is 0.416 e. The predicted molar refractivity (Wildman–Crippen MR) is 147 cm³/mol. The number of carbonyl (C=O) groups is 1. The highest BCUT2D eigenvalue weighted by Gasteiger charge is 2.30. The Hall–Kier alpha value is -4.19. The summed E-state index contributed by atoms with van der Waals surface area (Å²) in [4.78, 5) is 23.9. The van der Waals surface area contributed by atoms with Gasteiger partial charge in [0.1, 0.15) is 17.2 Å². The number of carbonyl (C=O) groups excluding carboxylic acids is 1. The molecule has 1 amide bonds. The van der Waals surface area contributed by atoms with Gasteiger partial charge in [0.2, 0.25) is 0 Å². The summed E-state index contributed by atoms with van der Waals surface area (Å²) in [6.45, 7) is 7.89. The molecule has 1 aliphatic heterocycles. The lowest BCUT2D eigenvalue weighted by Crippen LogP contribution is -2.37. The minimum Gasteiger partial charge on any atom is -0.443 e. The number of nitrogens with one attached hydrogen (secondary N) is 2. The summed E-state index contributed by atoms with van der Waals surface area (Å²) < 4.78 is 49.4. The molecule has 9 nitrogen and oxygen atoms in total. The number of amides is 1. The van der Waals surface area contributed by atoms with Crippen molar-refractivity contribution in [2.45, 2.75) is 39.0 Å². The van der Waals surface area contributed by atoms with Crippen LogP contribution in [0.25, 0.3) is 0 Å². The van der Waals surface area contributed by atoms with Crippen LogP contribution in [0, 0.1) is 6.92 Å². The Balaban J connectivity index is 1.46. The number of hydrazone groups is 1. The largest absolute Gasteiger partial charge is 0.443 e. The molecule has 0 aliphatic carbocycles. The standard InChI is InChI=1S/C28H31F3N6O3/c1-19-5-4-6-20(15-19)18-32-36-23-16-25(37-11-13-39-14-12-37)35-24(34-23)17-27(2,3)40-26(38)33-22-9-7-21(8-10-22)28(29,30)31/h4-10,15-16,18H,11-14,17H2,1-3H3,(H,33,38)(H,34,35,36). The molecule has 1 aliphatic rings. The number of alkyl halides is 3. The van der Waals surface area contributed by atoms with Gasteiger partial charge in [0.05, 0.1) is 25.0 Å². The van der Waals surface area contributed by atoms with Gasteiger partial charge in [-0.1, -0.05) is 29.8 Å². The zero-order valence-electron chi connectivity index (χ0n) is 22.5. The molecule has 1 fully saturated rings. The minimum atomic E-state index is -4.46. The van der Waals surface area contributed by atoms with E-state index in [9.17, 15) is 18.0 Å². The number of aryl methyl sites for hydroxylation is 1. The molecule has 0 spiro atoms. The summed E-state index contributed by atoms with van der Waals surface area (Å²) in [5.41, 5.74) is 3.35. The summed E-state index contributed by atoms with van der Waals surface area (Å²) in [7, 11) is 0. The van der Waals surface area contributed by atoms with Crippen molar-refractivity contribution in [3.63, 3.8) is 0 Å². The number of hydrogen-bond acceptors (Lipinski definition) is 8. The maximum atomic E-state index is 12.8. The maximum absolute atomic E-state index is 12.8. The van der Waals surface area contributed by atoms with Gasteiger partial charge in [-0.25, -0.2) is 14.8 Å². The molecular weight excluding hydrogens is 525 g/mol. The first-order valence-electron chi connectivity index (χ1n) is 12.7. The lowest BCUT2D eigenvalue weighted by atomic mass is 10.0. The second-order valence-electron chi connectivity index (χ2n) is 9.94. The number of morpholine rings is 1. The fraction of sp³-hybridized carbons (Fsp3) is 0.357. The van der Waals surface area contributed by atoms with E-state index in [-0.39, 0.29) is 12.1 Å². The van der Waals surface area contributed by atoms with Crippen molar-refractivity contribution in [2.24, 2.45) is 5.10 Å². The Bertz CT molecular complexity index is 1340. The molecule has 0 unspecified atom stereocenters. The van der Waals surface area contributed by atoms with E-state index in [1.807, 2.05) is 31.2 Å². The predicted octanol–water partition coefficient (Wildman–Crippen LogP) is 5.66. The number of hydrogen-bond donors (Lipinski definition) is 2. The number of benzene rings is 2. The fourth-order valence-corrected chi connectivity index (χ4v) is 4.05. The molecule has 3 aromatic rings. The van der Waals surface area contributed by atoms with Gasteiger partial charge in [0.15, 0.2) is 5.82 Å². The third-order valence-electron chi connectivity index (χ3n) is 5.94. The molecule has 0 radical (unpaired) electrons. The Labute approximate surface area is 230 Å². The Morgan fingerprint density at radius 2 is 1.82 bits per heavy atom. The van der Waals surface area contributed by atoms with Crippen LogP contribution >= 0.6 is 0 Å². The lowest BCUT2D eigenvalue weighted by Gasteiger charge is -2.29. The van der Waals surface area contributed by atoms with Gasteiger partial charge in [0, 0.05) is 31.3 Å². The second-order valence-corrected chi connectivity index (χ2v) is 9.94. The van der Waals surface area contributed by atoms with Crippen molar-refractivity contribution in [3.8, 4) is 0 Å². The van der Waals surface area contributed by atoms with Crippen LogP contribution in [0.2, 0.25) is 0 Å². The first-order valence-corrected chi connectivity index (χ1v) is 12.7. The van der Waals surface area contributed by atoms with E-state index in [1.54, 1.807) is 26.1 Å². The summed E-state index contributed by atoms with van der Waals surface area (Å²) in [5.74, 6) is 1.58. The summed E-state index contributed by atoms with van der Waals surface area (Å²) >= 11 is 0. The molecule has 0 atom stereocenters. The van der Waals surface area contributed by atoms with Gasteiger partial charge in [-0.15, -0.1) is 0 Å². The Morgan fingerprint density at radius 1 is 1.10 bits per heavy atom. The van der Waals surface area contributed by atoms with Crippen LogP contribution in [-0.2, 0) is 22.1 Å². The average Bonchev–Trinajstić information content (AvgIpc) is 2.88. The van der Waals surface area contributed by atoms with E-state index in [0.29, 0.717) is 43.8 Å². The van der Waals surface area contributed by atoms with Gasteiger partial charge >= 0.3 is 12.3 Å². The third kappa shape index (κ3) is 8.40. The first kappa shape index (κ1) is 28.8. The van der Waals surface area contributed by atoms with E-state index < -0.39 is 23.4 Å². The van der Waals surface area contributed by atoms with Crippen LogP contribution in [-0.4, -0.2) is 54.2 Å². The zero-order valence-corrected chi connectivity index (χ0v) is 22.5. The van der Waals surface area contributed by atoms with Crippen molar-refractivity contribution < 1.29 is 27.4 Å². The van der Waals surface area contributed by atoms with E-state index in [2.05, 4.69) is 25.7 Å². The van der Waals surface area contributed by atoms with Crippen LogP contribution in [0.3, 0.4) is 0 Å². The SMILES string of the molecule is Cc1cccc(C=NNc2cc(N3CCOCC3)nc(CC(C)(C)OC(=O)Nc3ccc(C(F)(F)F)cc3)n2)c1. The summed E-state index contributed by atoms with van der Waals surface area (Å²) in [5, 5.41) is 6.78. The van der Waals surface area contributed by atoms with Crippen LogP contribution in [0.15, 0.2) is 59.7 Å². The molecule has 2 heterocycles. The number of halogens is 3. The highest BCUT2D eigenvalue weighted by atomic mass is 19.4. The Kier molecular flexibility index (Phi) is 8.88. The highest BCUT2D eigenvalue weighted by molar-refractivity contribution is 5.85. The van der Waals surface area contributed by atoms with Crippen LogP contribution in [0.1, 0.15) is 36.4 Å². The number of anilines is 3. The molecule has 1 aromatic heterocycles. The molecule has 212 valence electrons. The van der Waals surface area contributed by atoms with Crippen molar-refractivity contribution in [2.75, 3.05) is 41.9 Å². The van der Waals surface area contributed by atoms with Crippen molar-refractivity contribution in [3.05, 3.63) is 77.1 Å². The van der Waals surface area contributed by atoms with E-state index in [4.69, 9.17) is 14.5 Å². The number of ether oxygens (including phenoxy) is 2. The van der Waals surface area contributed by atoms with Crippen LogP contribution in [0.5, 0.6) is 0 Å². The molecule has 12 heteroatoms. The summed E-state index contributed by atoms with van der Waals surface area (Å²) in [6.07, 6.45) is -3.41. The normalized spacial score (nSPS) is 14.3. The molecule has 40 heavy (non-hydrogen) atoms. The van der Waals surface area contributed by atoms with E-state index in [1.165, 1.54) is 12.1 Å². The molecule has 2 N–H and O–H groups in total. The van der Waals surface area contributed by atoms with Crippen LogP contribution in [0.4, 0.5) is 35.3 Å². The maximum Gasteiger partial charge on any atom is 0.416 e. The second kappa shape index (κ2) is 12.3. The number of rotatable bonds is 8. The molecular formula is C28H31F3N6O3. The molecule has 1 saturated heterocycles. The van der Waals surface area contributed by atoms with Crippen molar-refractivity contribution in [1.29, 1.82) is 0 Å². The number of nitrogens with zero attached hydrogens (tertiary/aromatic N) is 4. The summed E-state index contributed by atoms with van der Waals surface area (Å²) in [6, 6.07) is 13.8. The molecule has 4 rings (SSSR count). The van der Waals surface area contributed by atoms with E-state index in [0.717, 1.165) is 23.3 Å². The first-order chi connectivity index (χ1) is 19.0. The van der Waals surface area contributed by atoms with Gasteiger partial charge in [-0.05, 0) is 50.6 Å². The third-order valence-corrected chi connectivity index (χ3v) is 5.94. The van der Waals surface area contributed by atoms with E-state index >= 15 is 0 Å². The highest BCUT2D eigenvalue weighted by Crippen LogP contribution is 2.30. The van der Waals surface area contributed by atoms with Crippen molar-refractivity contribution in [1.82, 2.24) is 9.97 Å². The van der Waals surface area contributed by atoms with Gasteiger partial charge in [-0.2, -0.15) is 18.3 Å². The van der Waals surface area contributed by atoms with Crippen molar-refractivity contribution >= 4 is 29.6 Å². The number of aromatic nitrogens is 2. The van der Waals surface area contributed by atoms with Gasteiger partial charge in [0.25, 0.3) is 0 Å².